The maximum atomic E-state index is 13.9. The maximum absolute atomic E-state index is 13.9. The minimum absolute atomic E-state index is 0.00411. The Morgan fingerprint density at radius 3 is 1.03 bits per heavy atom. The Morgan fingerprint density at radius 2 is 0.637 bits per heavy atom. The highest BCUT2D eigenvalue weighted by Gasteiger charge is 2.26. The van der Waals surface area contributed by atoms with Gasteiger partial charge in [0.2, 0.25) is 23.5 Å². The zero-order chi connectivity index (χ0) is 85.5. The van der Waals surface area contributed by atoms with Crippen LogP contribution in [0.5, 0.6) is 46.5 Å². The number of hydrogen-bond donors (Lipinski definition) is 8. The molecule has 0 radical (unpaired) electrons. The second-order valence-corrected chi connectivity index (χ2v) is 29.7. The molecule has 20 rings (SSSR count). The van der Waals surface area contributed by atoms with Crippen molar-refractivity contribution in [3.05, 3.63) is 405 Å². The van der Waals surface area contributed by atoms with Crippen LogP contribution in [-0.4, -0.2) is 98.3 Å². The van der Waals surface area contributed by atoms with Gasteiger partial charge < -0.3 is 58.5 Å². The van der Waals surface area contributed by atoms with Crippen LogP contribution in [0.1, 0.15) is 90.8 Å². The Labute approximate surface area is 714 Å². The Balaban J connectivity index is 0.000000117. The van der Waals surface area contributed by atoms with Gasteiger partial charge >= 0.3 is 0 Å². The molecule has 124 heavy (non-hydrogen) atoms. The molecule has 0 aliphatic heterocycles. The second kappa shape index (κ2) is 35.6. The molecule has 0 aliphatic rings. The first-order valence-electron chi connectivity index (χ1n) is 38.9. The van der Waals surface area contributed by atoms with Crippen LogP contribution in [0, 0.1) is 11.6 Å². The number of rotatable bonds is 20. The molecule has 0 saturated carbocycles. The summed E-state index contributed by atoms with van der Waals surface area (Å²) in [6.07, 6.45) is 16.2. The SMILES string of the molecule is Oc1cc(F)cc(-c2cn3c(O)c(Cc4ccco4)nc3c(Cc3ccccc3)n2)c1.Oc1ccc(Cl)c(-c2cn3c(O)c(Cc4ccco4)nc3c(Cc3ccccc3)n2)c1.Oc1cccc(-c2cn3c(O)c(Cc4ccco4)nc3c(Cc3ccc(F)cc3)n2)c1.Oc1cccc(-c2cn3c(O)c(Cc4ccco4)nc3c(Cc3ccccc3)n2)c1Cl. The fourth-order valence-electron chi connectivity index (χ4n) is 14.4. The summed E-state index contributed by atoms with van der Waals surface area (Å²) in [5.74, 6) is 1.83. The summed E-state index contributed by atoms with van der Waals surface area (Å²) >= 11 is 12.7. The first-order chi connectivity index (χ1) is 60.3. The highest BCUT2D eigenvalue weighted by molar-refractivity contribution is 6.34. The van der Waals surface area contributed by atoms with E-state index in [0.717, 1.165) is 28.3 Å². The van der Waals surface area contributed by atoms with Gasteiger partial charge in [0.25, 0.3) is 0 Å². The summed E-state index contributed by atoms with van der Waals surface area (Å²) in [7, 11) is 0. The summed E-state index contributed by atoms with van der Waals surface area (Å²) in [5.41, 5.74) is 14.9. The second-order valence-electron chi connectivity index (χ2n) is 29.0. The van der Waals surface area contributed by atoms with Gasteiger partial charge in [-0.3, -0.25) is 17.6 Å². The average Bonchev–Trinajstić information content (AvgIpc) is 1.62. The van der Waals surface area contributed by atoms with Gasteiger partial charge in [0.15, 0.2) is 22.6 Å². The zero-order valence-electron chi connectivity index (χ0n) is 65.5. The van der Waals surface area contributed by atoms with Crippen molar-refractivity contribution in [3.63, 3.8) is 0 Å². The molecule has 12 aromatic heterocycles. The Morgan fingerprint density at radius 1 is 0.274 bits per heavy atom. The van der Waals surface area contributed by atoms with E-state index < -0.39 is 5.82 Å². The van der Waals surface area contributed by atoms with Crippen molar-refractivity contribution in [1.82, 2.24) is 57.5 Å². The van der Waals surface area contributed by atoms with E-state index in [-0.39, 0.29) is 57.4 Å². The fourth-order valence-corrected chi connectivity index (χ4v) is 14.8. The molecule has 8 N–H and O–H groups in total. The molecule has 0 amide bonds. The van der Waals surface area contributed by atoms with Gasteiger partial charge in [0.05, 0.1) is 106 Å². The van der Waals surface area contributed by atoms with Crippen LogP contribution in [0.25, 0.3) is 67.6 Å². The van der Waals surface area contributed by atoms with Gasteiger partial charge in [-0.05, 0) is 131 Å². The number of fused-ring (bicyclic) bond motifs is 4. The Bertz CT molecular complexity index is 6970. The van der Waals surface area contributed by atoms with Crippen molar-refractivity contribution in [2.75, 3.05) is 0 Å². The van der Waals surface area contributed by atoms with Gasteiger partial charge in [0, 0.05) is 78.8 Å². The summed E-state index contributed by atoms with van der Waals surface area (Å²) < 4.78 is 55.2. The maximum Gasteiger partial charge on any atom is 0.219 e. The first kappa shape index (κ1) is 80.6. The van der Waals surface area contributed by atoms with E-state index in [2.05, 4.69) is 19.9 Å². The average molecular weight is 1690 g/mol. The van der Waals surface area contributed by atoms with E-state index in [1.807, 2.05) is 121 Å². The number of halogens is 4. The first-order valence-corrected chi connectivity index (χ1v) is 39.7. The topological polar surface area (TPSA) is 335 Å². The molecule has 12 heterocycles. The van der Waals surface area contributed by atoms with E-state index >= 15 is 0 Å². The van der Waals surface area contributed by atoms with Crippen LogP contribution in [0.4, 0.5) is 8.78 Å². The van der Waals surface area contributed by atoms with Crippen molar-refractivity contribution < 1.29 is 67.3 Å². The number of phenols is 4. The van der Waals surface area contributed by atoms with Crippen LogP contribution in [0.3, 0.4) is 0 Å². The van der Waals surface area contributed by atoms with E-state index in [1.165, 1.54) is 36.4 Å². The molecule has 0 atom stereocenters. The third-order valence-electron chi connectivity index (χ3n) is 20.3. The molecule has 0 spiro atoms. The number of aromatic hydroxyl groups is 8. The van der Waals surface area contributed by atoms with Crippen LogP contribution >= 0.6 is 23.2 Å². The molecule has 616 valence electrons. The molecule has 20 aromatic rings. The molecule has 0 saturated heterocycles. The molecule has 8 aromatic carbocycles. The fraction of sp³-hybridized carbons (Fsp3) is 0.0833. The predicted octanol–water partition coefficient (Wildman–Crippen LogP) is 19.9. The van der Waals surface area contributed by atoms with Crippen LogP contribution in [-0.2, 0) is 51.4 Å². The lowest BCUT2D eigenvalue weighted by Crippen LogP contribution is -2.01. The number of nitrogens with zero attached hydrogens (tertiary/aromatic N) is 12. The molecule has 0 bridgehead atoms. The summed E-state index contributed by atoms with van der Waals surface area (Å²) in [4.78, 5) is 37.6. The minimum atomic E-state index is -0.574. The van der Waals surface area contributed by atoms with Gasteiger partial charge in [-0.25, -0.2) is 48.7 Å². The summed E-state index contributed by atoms with van der Waals surface area (Å²) in [5, 5.41) is 83.9. The van der Waals surface area contributed by atoms with E-state index in [9.17, 15) is 49.6 Å². The van der Waals surface area contributed by atoms with Crippen molar-refractivity contribution >= 4 is 45.8 Å². The van der Waals surface area contributed by atoms with Crippen molar-refractivity contribution in [2.45, 2.75) is 51.4 Å². The predicted molar refractivity (Wildman–Crippen MR) is 460 cm³/mol. The van der Waals surface area contributed by atoms with Crippen LogP contribution < -0.4 is 0 Å². The zero-order valence-corrected chi connectivity index (χ0v) is 67.0. The van der Waals surface area contributed by atoms with Crippen molar-refractivity contribution in [3.8, 4) is 91.5 Å². The molecule has 24 nitrogen and oxygen atoms in total. The number of benzene rings is 8. The number of hydrogen-bond acceptors (Lipinski definition) is 20. The number of aromatic nitrogens is 12. The quantitative estimate of drug-likeness (QED) is 0.0351. The summed E-state index contributed by atoms with van der Waals surface area (Å²) in [6, 6.07) is 70.4. The van der Waals surface area contributed by atoms with Gasteiger partial charge in [-0.1, -0.05) is 151 Å². The lowest BCUT2D eigenvalue weighted by Gasteiger charge is -2.10. The lowest BCUT2D eigenvalue weighted by molar-refractivity contribution is 0.438. The van der Waals surface area contributed by atoms with E-state index in [1.54, 1.807) is 146 Å². The largest absolute Gasteiger partial charge is 0.508 e. The third kappa shape index (κ3) is 18.0. The Kier molecular flexibility index (Phi) is 23.2. The smallest absolute Gasteiger partial charge is 0.219 e. The van der Waals surface area contributed by atoms with Crippen LogP contribution in [0.15, 0.2) is 310 Å². The highest BCUT2D eigenvalue weighted by atomic mass is 35.5. The van der Waals surface area contributed by atoms with Gasteiger partial charge in [-0.2, -0.15) is 0 Å². The molecular formula is C96H72Cl2F2N12O12. The highest BCUT2D eigenvalue weighted by Crippen LogP contribution is 2.39. The Hall–Kier alpha value is -15.8. The molecule has 0 aliphatic carbocycles. The van der Waals surface area contributed by atoms with E-state index in [0.29, 0.717) is 193 Å². The van der Waals surface area contributed by atoms with Gasteiger partial charge in [-0.15, -0.1) is 0 Å². The van der Waals surface area contributed by atoms with Crippen molar-refractivity contribution in [1.29, 1.82) is 0 Å². The van der Waals surface area contributed by atoms with E-state index in [4.69, 9.17) is 60.8 Å². The normalized spacial score (nSPS) is 11.3. The third-order valence-corrected chi connectivity index (χ3v) is 21.0. The minimum Gasteiger partial charge on any atom is -0.508 e. The number of phenolic OH excluding ortho intramolecular Hbond substituents is 4. The molecule has 0 fully saturated rings. The molecule has 28 heteroatoms. The molecular weight excluding hydrogens is 1620 g/mol. The monoisotopic (exact) mass is 1690 g/mol. The van der Waals surface area contributed by atoms with Gasteiger partial charge in [0.1, 0.15) is 80.4 Å². The standard InChI is InChI=1S/2C24H18ClN3O3.2C24H18FN3O3/c25-22-17(9-4-10-21(22)29)20-14-28-23(18(26-20)12-15-6-2-1-3-7-15)27-19(24(28)30)13-16-8-5-11-31-16;25-19-9-8-16(29)12-18(19)22-14-28-23(20(26-22)11-15-5-2-1-3-6-15)27-21(24(28)30)13-17-7-4-10-31-17;25-17-8-6-15(7-9-17)11-20-23-27-21(13-19-5-2-10-31-19)24(30)28(23)14-22(26-20)16-3-1-4-18(29)12-16;25-17-10-16(11-18(29)12-17)22-14-28-23(20(26-22)9-15-5-2-1-3-6-15)27-21(24(28)30)13-19-7-4-8-31-19/h1-11,14,29-30H,12-13H2;2*1-10,12,14,29-30H,11,13H2;1-8,10-12,14,29-30H,9,13H2. The lowest BCUT2D eigenvalue weighted by atomic mass is 10.1. The number of furan rings is 4. The molecule has 0 unspecified atom stereocenters. The van der Waals surface area contributed by atoms with Crippen molar-refractivity contribution in [2.24, 2.45) is 0 Å². The summed E-state index contributed by atoms with van der Waals surface area (Å²) in [6.45, 7) is 0. The number of imidazole rings is 4. The van der Waals surface area contributed by atoms with Crippen LogP contribution in [0.2, 0.25) is 10.0 Å².